The lowest BCUT2D eigenvalue weighted by molar-refractivity contribution is 0.389. The highest BCUT2D eigenvalue weighted by Crippen LogP contribution is 2.22. The third-order valence-corrected chi connectivity index (χ3v) is 4.61. The van der Waals surface area contributed by atoms with Gasteiger partial charge >= 0.3 is 0 Å². The summed E-state index contributed by atoms with van der Waals surface area (Å²) in [5.74, 6) is 0.867. The lowest BCUT2D eigenvalue weighted by Crippen LogP contribution is -2.27. The van der Waals surface area contributed by atoms with Crippen molar-refractivity contribution in [2.45, 2.75) is 25.3 Å². The summed E-state index contributed by atoms with van der Waals surface area (Å²) in [6.45, 7) is 3.34. The predicted octanol–water partition coefficient (Wildman–Crippen LogP) is 0.835. The van der Waals surface area contributed by atoms with Crippen LogP contribution < -0.4 is 0 Å². The van der Waals surface area contributed by atoms with E-state index in [1.165, 1.54) is 11.4 Å². The molecule has 0 spiro atoms. The zero-order valence-electron chi connectivity index (χ0n) is 10.3. The van der Waals surface area contributed by atoms with E-state index < -0.39 is 10.0 Å². The number of H-pyrrole nitrogens is 1. The fourth-order valence-corrected chi connectivity index (χ4v) is 3.09. The molecule has 0 atom stereocenters. The van der Waals surface area contributed by atoms with Crippen molar-refractivity contribution < 1.29 is 12.9 Å². The second-order valence-corrected chi connectivity index (χ2v) is 5.93. The van der Waals surface area contributed by atoms with Crippen LogP contribution in [0, 0.1) is 13.8 Å². The summed E-state index contributed by atoms with van der Waals surface area (Å²) >= 11 is 0. The minimum Gasteiger partial charge on any atom is -0.360 e. The molecule has 0 saturated heterocycles. The second kappa shape index (κ2) is 4.54. The first-order valence-corrected chi connectivity index (χ1v) is 6.74. The third kappa shape index (κ3) is 2.16. The Morgan fingerprint density at radius 3 is 2.67 bits per heavy atom. The number of nitrogens with one attached hydrogen (secondary N) is 1. The molecule has 0 bridgehead atoms. The zero-order chi connectivity index (χ0) is 13.3. The molecule has 0 aromatic carbocycles. The van der Waals surface area contributed by atoms with E-state index in [2.05, 4.69) is 15.1 Å². The number of nitrogens with zero attached hydrogens (tertiary/aromatic N) is 3. The van der Waals surface area contributed by atoms with Crippen molar-refractivity contribution in [1.82, 2.24) is 19.4 Å². The normalized spacial score (nSPS) is 12.2. The Morgan fingerprint density at radius 1 is 1.44 bits per heavy atom. The summed E-state index contributed by atoms with van der Waals surface area (Å²) < 4.78 is 30.8. The molecule has 2 rings (SSSR count). The van der Waals surface area contributed by atoms with Gasteiger partial charge in [0.2, 0.25) is 10.0 Å². The van der Waals surface area contributed by atoms with Gasteiger partial charge in [-0.3, -0.25) is 0 Å². The van der Waals surface area contributed by atoms with E-state index in [4.69, 9.17) is 4.52 Å². The molecule has 8 heteroatoms. The van der Waals surface area contributed by atoms with Gasteiger partial charge in [-0.2, -0.15) is 4.31 Å². The van der Waals surface area contributed by atoms with Gasteiger partial charge in [-0.05, 0) is 13.8 Å². The largest absolute Gasteiger partial charge is 0.360 e. The number of hydrogen-bond acceptors (Lipinski definition) is 5. The lowest BCUT2D eigenvalue weighted by Gasteiger charge is -2.15. The average molecular weight is 270 g/mol. The van der Waals surface area contributed by atoms with Gasteiger partial charge in [-0.15, -0.1) is 0 Å². The summed E-state index contributed by atoms with van der Waals surface area (Å²) in [4.78, 5) is 6.98. The monoisotopic (exact) mass is 270 g/mol. The molecule has 0 fully saturated rings. The number of aryl methyl sites for hydroxylation is 2. The Bertz CT molecular complexity index is 611. The van der Waals surface area contributed by atoms with Crippen molar-refractivity contribution in [1.29, 1.82) is 0 Å². The minimum atomic E-state index is -3.62. The quantitative estimate of drug-likeness (QED) is 0.888. The summed E-state index contributed by atoms with van der Waals surface area (Å²) in [5.41, 5.74) is 0.360. The van der Waals surface area contributed by atoms with Crippen LogP contribution in [0.25, 0.3) is 0 Å². The summed E-state index contributed by atoms with van der Waals surface area (Å²) in [5, 5.41) is 3.66. The zero-order valence-corrected chi connectivity index (χ0v) is 11.2. The third-order valence-electron chi connectivity index (χ3n) is 2.56. The molecule has 98 valence electrons. The molecule has 2 heterocycles. The molecule has 18 heavy (non-hydrogen) atoms. The van der Waals surface area contributed by atoms with E-state index in [1.54, 1.807) is 26.2 Å². The van der Waals surface area contributed by atoms with Gasteiger partial charge in [0.25, 0.3) is 0 Å². The van der Waals surface area contributed by atoms with Crippen LogP contribution in [-0.2, 0) is 16.6 Å². The Labute approximate surface area is 105 Å². The number of sulfonamides is 1. The molecule has 1 N–H and O–H groups in total. The minimum absolute atomic E-state index is 0.122. The Balaban J connectivity index is 2.32. The fraction of sp³-hybridized carbons (Fsp3) is 0.400. The molecule has 0 radical (unpaired) electrons. The van der Waals surface area contributed by atoms with Gasteiger partial charge in [-0.1, -0.05) is 5.16 Å². The number of imidazole rings is 1. The topological polar surface area (TPSA) is 92.1 Å². The van der Waals surface area contributed by atoms with Crippen LogP contribution in [0.4, 0.5) is 0 Å². The first kappa shape index (κ1) is 12.8. The highest BCUT2D eigenvalue weighted by molar-refractivity contribution is 7.89. The summed E-state index contributed by atoms with van der Waals surface area (Å²) in [7, 11) is -2.13. The van der Waals surface area contributed by atoms with Crippen LogP contribution in [0.3, 0.4) is 0 Å². The average Bonchev–Trinajstić information content (AvgIpc) is 2.89. The van der Waals surface area contributed by atoms with E-state index in [-0.39, 0.29) is 11.4 Å². The maximum atomic E-state index is 12.3. The molecule has 2 aromatic heterocycles. The standard InChI is InChI=1S/C10H14N4O3S/c1-7-10(8(2)17-13-7)18(15,16)14(3)6-9-11-4-5-12-9/h4-5H,6H2,1-3H3,(H,11,12). The van der Waals surface area contributed by atoms with Crippen molar-refractivity contribution >= 4 is 10.0 Å². The molecule has 7 nitrogen and oxygen atoms in total. The number of aromatic nitrogens is 3. The number of hydrogen-bond donors (Lipinski definition) is 1. The van der Waals surface area contributed by atoms with E-state index in [1.807, 2.05) is 0 Å². The van der Waals surface area contributed by atoms with Gasteiger partial charge in [0.1, 0.15) is 16.4 Å². The van der Waals surface area contributed by atoms with Crippen molar-refractivity contribution in [3.8, 4) is 0 Å². The smallest absolute Gasteiger partial charge is 0.248 e. The van der Waals surface area contributed by atoms with E-state index in [0.717, 1.165) is 0 Å². The SMILES string of the molecule is Cc1noc(C)c1S(=O)(=O)N(C)Cc1ncc[nH]1. The molecule has 0 aliphatic rings. The van der Waals surface area contributed by atoms with E-state index in [9.17, 15) is 8.42 Å². The first-order chi connectivity index (χ1) is 8.43. The molecular weight excluding hydrogens is 256 g/mol. The first-order valence-electron chi connectivity index (χ1n) is 5.30. The molecule has 0 unspecified atom stereocenters. The number of rotatable bonds is 4. The van der Waals surface area contributed by atoms with Crippen molar-refractivity contribution in [2.24, 2.45) is 0 Å². The van der Waals surface area contributed by atoms with E-state index in [0.29, 0.717) is 17.3 Å². The number of aromatic amines is 1. The highest BCUT2D eigenvalue weighted by Gasteiger charge is 2.28. The van der Waals surface area contributed by atoms with E-state index >= 15 is 0 Å². The van der Waals surface area contributed by atoms with Crippen molar-refractivity contribution in [3.63, 3.8) is 0 Å². The Kier molecular flexibility index (Phi) is 3.22. The molecule has 0 aliphatic carbocycles. The van der Waals surface area contributed by atoms with Crippen molar-refractivity contribution in [3.05, 3.63) is 29.7 Å². The van der Waals surface area contributed by atoms with Gasteiger partial charge in [0, 0.05) is 19.4 Å². The second-order valence-electron chi connectivity index (χ2n) is 3.95. The maximum Gasteiger partial charge on any atom is 0.248 e. The van der Waals surface area contributed by atoms with Crippen LogP contribution >= 0.6 is 0 Å². The Hall–Kier alpha value is -1.67. The van der Waals surface area contributed by atoms with Crippen LogP contribution in [-0.4, -0.2) is 34.9 Å². The van der Waals surface area contributed by atoms with Crippen molar-refractivity contribution in [2.75, 3.05) is 7.05 Å². The maximum absolute atomic E-state index is 12.3. The van der Waals surface area contributed by atoms with Gasteiger partial charge in [-0.25, -0.2) is 13.4 Å². The molecule has 0 aliphatic heterocycles. The van der Waals surface area contributed by atoms with Crippen LogP contribution in [0.15, 0.2) is 21.8 Å². The highest BCUT2D eigenvalue weighted by atomic mass is 32.2. The van der Waals surface area contributed by atoms with Crippen LogP contribution in [0.1, 0.15) is 17.3 Å². The predicted molar refractivity (Wildman–Crippen MR) is 63.2 cm³/mol. The molecule has 2 aromatic rings. The van der Waals surface area contributed by atoms with Gasteiger partial charge in [0.15, 0.2) is 5.76 Å². The molecule has 0 amide bonds. The van der Waals surface area contributed by atoms with Gasteiger partial charge in [0.05, 0.1) is 6.54 Å². The lowest BCUT2D eigenvalue weighted by atomic mass is 10.4. The van der Waals surface area contributed by atoms with Crippen LogP contribution in [0.5, 0.6) is 0 Å². The summed E-state index contributed by atoms with van der Waals surface area (Å²) in [6, 6.07) is 0. The van der Waals surface area contributed by atoms with Gasteiger partial charge < -0.3 is 9.51 Å². The van der Waals surface area contributed by atoms with Crippen LogP contribution in [0.2, 0.25) is 0 Å². The fourth-order valence-electron chi connectivity index (χ4n) is 1.68. The molecule has 0 saturated carbocycles. The Morgan fingerprint density at radius 2 is 2.17 bits per heavy atom. The summed E-state index contributed by atoms with van der Waals surface area (Å²) in [6.07, 6.45) is 3.22. The molecular formula is C10H14N4O3S.